The topological polar surface area (TPSA) is 3.24 Å². The van der Waals surface area contributed by atoms with Gasteiger partial charge in [0.05, 0.1) is 0 Å². The Labute approximate surface area is 81.1 Å². The van der Waals surface area contributed by atoms with E-state index < -0.39 is 0 Å². The Morgan fingerprint density at radius 3 is 2.42 bits per heavy atom. The highest BCUT2D eigenvalue weighted by Gasteiger charge is 2.24. The first-order chi connectivity index (χ1) is 5.74. The maximum absolute atomic E-state index is 5.76. The summed E-state index contributed by atoms with van der Waals surface area (Å²) < 4.78 is 0. The molecule has 0 aromatic rings. The minimum Gasteiger partial charge on any atom is -0.299 e. The molecule has 1 aliphatic carbocycles. The number of hydrogen-bond donors (Lipinski definition) is 0. The normalized spacial score (nSPS) is 18.8. The predicted octanol–water partition coefficient (Wildman–Crippen LogP) is 2.74. The van der Waals surface area contributed by atoms with Crippen LogP contribution in [0.2, 0.25) is 0 Å². The quantitative estimate of drug-likeness (QED) is 0.602. The lowest BCUT2D eigenvalue weighted by Crippen LogP contribution is -2.43. The van der Waals surface area contributed by atoms with Crippen molar-refractivity contribution in [2.75, 3.05) is 19.0 Å². The van der Waals surface area contributed by atoms with E-state index in [-0.39, 0.29) is 0 Å². The van der Waals surface area contributed by atoms with Crippen molar-refractivity contribution in [3.05, 3.63) is 0 Å². The zero-order valence-electron chi connectivity index (χ0n) is 8.22. The summed E-state index contributed by atoms with van der Waals surface area (Å²) in [5.41, 5.74) is 0. The van der Waals surface area contributed by atoms with E-state index in [2.05, 4.69) is 18.7 Å². The first-order valence-electron chi connectivity index (χ1n) is 5.04. The van der Waals surface area contributed by atoms with Crippen LogP contribution in [0.3, 0.4) is 0 Å². The molecule has 12 heavy (non-hydrogen) atoms. The maximum atomic E-state index is 5.76. The van der Waals surface area contributed by atoms with E-state index in [1.165, 1.54) is 25.8 Å². The molecule has 0 aromatic carbocycles. The van der Waals surface area contributed by atoms with Crippen LogP contribution in [-0.2, 0) is 0 Å². The number of halogens is 1. The fourth-order valence-electron chi connectivity index (χ4n) is 1.75. The monoisotopic (exact) mass is 189 g/mol. The van der Waals surface area contributed by atoms with Crippen molar-refractivity contribution < 1.29 is 0 Å². The number of rotatable bonds is 5. The van der Waals surface area contributed by atoms with Crippen molar-refractivity contribution in [3.63, 3.8) is 0 Å². The SMILES string of the molecule is CC(C)CN(CCCl)C1CCC1. The standard InChI is InChI=1S/C10H20ClN/c1-9(2)8-12(7-6-11)10-4-3-5-10/h9-10H,3-8H2,1-2H3. The molecule has 0 aromatic heterocycles. The summed E-state index contributed by atoms with van der Waals surface area (Å²) in [6.07, 6.45) is 4.20. The highest BCUT2D eigenvalue weighted by molar-refractivity contribution is 6.18. The van der Waals surface area contributed by atoms with Crippen LogP contribution in [0.4, 0.5) is 0 Å². The highest BCUT2D eigenvalue weighted by atomic mass is 35.5. The van der Waals surface area contributed by atoms with E-state index in [1.807, 2.05) is 0 Å². The third kappa shape index (κ3) is 2.95. The van der Waals surface area contributed by atoms with Crippen molar-refractivity contribution in [2.45, 2.75) is 39.2 Å². The second-order valence-corrected chi connectivity index (χ2v) is 4.54. The minimum atomic E-state index is 0.772. The fourth-order valence-corrected chi connectivity index (χ4v) is 1.97. The van der Waals surface area contributed by atoms with Crippen LogP contribution in [0.15, 0.2) is 0 Å². The van der Waals surface area contributed by atoms with Gasteiger partial charge in [0.25, 0.3) is 0 Å². The van der Waals surface area contributed by atoms with Crippen molar-refractivity contribution in [3.8, 4) is 0 Å². The van der Waals surface area contributed by atoms with Gasteiger partial charge in [0.1, 0.15) is 0 Å². The van der Waals surface area contributed by atoms with E-state index in [0.29, 0.717) is 0 Å². The average Bonchev–Trinajstić information content (AvgIpc) is 1.81. The molecular formula is C10H20ClN. The van der Waals surface area contributed by atoms with Crippen molar-refractivity contribution in [1.29, 1.82) is 0 Å². The molecule has 0 spiro atoms. The molecule has 0 N–H and O–H groups in total. The van der Waals surface area contributed by atoms with Gasteiger partial charge >= 0.3 is 0 Å². The molecule has 0 heterocycles. The lowest BCUT2D eigenvalue weighted by molar-refractivity contribution is 0.121. The molecule has 72 valence electrons. The molecule has 0 atom stereocenters. The molecule has 0 saturated heterocycles. The molecule has 1 nitrogen and oxygen atoms in total. The third-order valence-electron chi connectivity index (χ3n) is 2.56. The number of nitrogens with zero attached hydrogens (tertiary/aromatic N) is 1. The summed E-state index contributed by atoms with van der Waals surface area (Å²) in [7, 11) is 0. The Balaban J connectivity index is 2.26. The largest absolute Gasteiger partial charge is 0.299 e. The predicted molar refractivity (Wildman–Crippen MR) is 54.8 cm³/mol. The molecule has 0 radical (unpaired) electrons. The molecule has 1 saturated carbocycles. The van der Waals surface area contributed by atoms with Gasteiger partial charge in [0.2, 0.25) is 0 Å². The van der Waals surface area contributed by atoms with Crippen LogP contribution in [-0.4, -0.2) is 29.9 Å². The van der Waals surface area contributed by atoms with E-state index in [4.69, 9.17) is 11.6 Å². The molecular weight excluding hydrogens is 170 g/mol. The first-order valence-corrected chi connectivity index (χ1v) is 5.57. The molecule has 1 fully saturated rings. The van der Waals surface area contributed by atoms with E-state index >= 15 is 0 Å². The second kappa shape index (κ2) is 5.08. The van der Waals surface area contributed by atoms with Gasteiger partial charge in [-0.05, 0) is 18.8 Å². The van der Waals surface area contributed by atoms with Gasteiger partial charge in [-0.2, -0.15) is 0 Å². The molecule has 0 aliphatic heterocycles. The van der Waals surface area contributed by atoms with Gasteiger partial charge in [-0.1, -0.05) is 20.3 Å². The Morgan fingerprint density at radius 2 is 2.08 bits per heavy atom. The van der Waals surface area contributed by atoms with Crippen molar-refractivity contribution in [2.24, 2.45) is 5.92 Å². The summed E-state index contributed by atoms with van der Waals surface area (Å²) in [6, 6.07) is 0.853. The second-order valence-electron chi connectivity index (χ2n) is 4.16. The average molecular weight is 190 g/mol. The van der Waals surface area contributed by atoms with E-state index in [0.717, 1.165) is 24.4 Å². The van der Waals surface area contributed by atoms with Gasteiger partial charge in [0, 0.05) is 25.0 Å². The number of alkyl halides is 1. The summed E-state index contributed by atoms with van der Waals surface area (Å²) in [5.74, 6) is 1.55. The highest BCUT2D eigenvalue weighted by Crippen LogP contribution is 2.25. The Kier molecular flexibility index (Phi) is 4.38. The van der Waals surface area contributed by atoms with Crippen LogP contribution >= 0.6 is 11.6 Å². The van der Waals surface area contributed by atoms with E-state index in [1.54, 1.807) is 0 Å². The van der Waals surface area contributed by atoms with Crippen molar-refractivity contribution in [1.82, 2.24) is 4.90 Å². The summed E-state index contributed by atoms with van der Waals surface area (Å²) in [4.78, 5) is 2.56. The summed E-state index contributed by atoms with van der Waals surface area (Å²) >= 11 is 5.76. The Morgan fingerprint density at radius 1 is 1.42 bits per heavy atom. The lowest BCUT2D eigenvalue weighted by atomic mass is 9.91. The molecule has 0 bridgehead atoms. The summed E-state index contributed by atoms with van der Waals surface area (Å²) in [6.45, 7) is 6.85. The summed E-state index contributed by atoms with van der Waals surface area (Å²) in [5, 5.41) is 0. The lowest BCUT2D eigenvalue weighted by Gasteiger charge is -2.38. The van der Waals surface area contributed by atoms with Gasteiger partial charge in [-0.15, -0.1) is 11.6 Å². The van der Waals surface area contributed by atoms with Crippen LogP contribution in [0.5, 0.6) is 0 Å². The molecule has 0 unspecified atom stereocenters. The van der Waals surface area contributed by atoms with Gasteiger partial charge in [-0.3, -0.25) is 4.90 Å². The Hall–Kier alpha value is 0.250. The minimum absolute atomic E-state index is 0.772. The van der Waals surface area contributed by atoms with Crippen molar-refractivity contribution >= 4 is 11.6 Å². The van der Waals surface area contributed by atoms with Crippen LogP contribution in [0.25, 0.3) is 0 Å². The number of hydrogen-bond acceptors (Lipinski definition) is 1. The zero-order chi connectivity index (χ0) is 8.97. The van der Waals surface area contributed by atoms with Crippen LogP contribution < -0.4 is 0 Å². The maximum Gasteiger partial charge on any atom is 0.0351 e. The molecule has 1 aliphatic rings. The molecule has 1 rings (SSSR count). The first kappa shape index (κ1) is 10.3. The van der Waals surface area contributed by atoms with Gasteiger partial charge in [-0.25, -0.2) is 0 Å². The van der Waals surface area contributed by atoms with Crippen LogP contribution in [0.1, 0.15) is 33.1 Å². The third-order valence-corrected chi connectivity index (χ3v) is 2.73. The zero-order valence-corrected chi connectivity index (χ0v) is 8.98. The van der Waals surface area contributed by atoms with Gasteiger partial charge in [0.15, 0.2) is 0 Å². The van der Waals surface area contributed by atoms with Gasteiger partial charge < -0.3 is 0 Å². The molecule has 0 amide bonds. The van der Waals surface area contributed by atoms with Crippen LogP contribution in [0, 0.1) is 5.92 Å². The molecule has 2 heteroatoms. The van der Waals surface area contributed by atoms with E-state index in [9.17, 15) is 0 Å². The fraction of sp³-hybridized carbons (Fsp3) is 1.00. The smallest absolute Gasteiger partial charge is 0.0351 e. The Bertz CT molecular complexity index is 121.